The number of rotatable bonds is 6. The number of hydrogen-bond donors (Lipinski definition) is 0. The molecule has 0 bridgehead atoms. The number of nitrogens with zero attached hydrogens (tertiary/aromatic N) is 1. The molecular weight excluding hydrogens is 298 g/mol. The van der Waals surface area contributed by atoms with Gasteiger partial charge in [-0.15, -0.1) is 0 Å². The second kappa shape index (κ2) is 8.08. The van der Waals surface area contributed by atoms with Gasteiger partial charge in [-0.1, -0.05) is 37.3 Å². The molecule has 126 valence electrons. The summed E-state index contributed by atoms with van der Waals surface area (Å²) in [6.45, 7) is 5.86. The Labute approximate surface area is 136 Å². The predicted molar refractivity (Wildman–Crippen MR) is 83.1 cm³/mol. The van der Waals surface area contributed by atoms with E-state index in [9.17, 15) is 9.59 Å². The third-order valence-corrected chi connectivity index (χ3v) is 3.75. The largest absolute Gasteiger partial charge is 0.466 e. The van der Waals surface area contributed by atoms with E-state index < -0.39 is 0 Å². The summed E-state index contributed by atoms with van der Waals surface area (Å²) in [7, 11) is 0. The Balaban J connectivity index is 2.09. The highest BCUT2D eigenvalue weighted by atomic mass is 16.7. The average molecular weight is 321 g/mol. The van der Waals surface area contributed by atoms with Crippen LogP contribution in [0.15, 0.2) is 30.3 Å². The van der Waals surface area contributed by atoms with Gasteiger partial charge < -0.3 is 9.47 Å². The highest BCUT2D eigenvalue weighted by Crippen LogP contribution is 2.27. The molecule has 23 heavy (non-hydrogen) atoms. The van der Waals surface area contributed by atoms with Crippen LogP contribution in [0.2, 0.25) is 0 Å². The van der Waals surface area contributed by atoms with Gasteiger partial charge in [-0.2, -0.15) is 5.06 Å². The first kappa shape index (κ1) is 17.4. The number of esters is 2. The normalized spacial score (nSPS) is 22.6. The van der Waals surface area contributed by atoms with Crippen molar-refractivity contribution in [3.63, 3.8) is 0 Å². The summed E-state index contributed by atoms with van der Waals surface area (Å²) in [6, 6.07) is 9.74. The first-order valence-electron chi connectivity index (χ1n) is 7.71. The van der Waals surface area contributed by atoms with Crippen molar-refractivity contribution in [1.82, 2.24) is 5.06 Å². The minimum atomic E-state index is -0.373. The van der Waals surface area contributed by atoms with Gasteiger partial charge in [-0.3, -0.25) is 14.4 Å². The summed E-state index contributed by atoms with van der Waals surface area (Å²) in [5.74, 6) is -0.700. The lowest BCUT2D eigenvalue weighted by molar-refractivity contribution is -0.160. The lowest BCUT2D eigenvalue weighted by Crippen LogP contribution is -2.43. The van der Waals surface area contributed by atoms with Crippen molar-refractivity contribution in [3.05, 3.63) is 35.9 Å². The molecule has 0 saturated carbocycles. The van der Waals surface area contributed by atoms with E-state index >= 15 is 0 Å². The number of ether oxygens (including phenoxy) is 2. The molecule has 1 heterocycles. The van der Waals surface area contributed by atoms with Gasteiger partial charge in [0.2, 0.25) is 0 Å². The first-order chi connectivity index (χ1) is 11.0. The smallest absolute Gasteiger partial charge is 0.303 e. The zero-order chi connectivity index (χ0) is 16.8. The summed E-state index contributed by atoms with van der Waals surface area (Å²) in [5, 5.41) is 1.82. The standard InChI is InChI=1S/C17H23NO5/c1-12(10-21-13(2)19)17-16(23-14(3)20)11-22-18(17)9-15-7-5-4-6-8-15/h4-8,12,16-17H,9-11H2,1-3H3/t12-,16+,17+/m0/s1. The van der Waals surface area contributed by atoms with Gasteiger partial charge in [-0.25, -0.2) is 0 Å². The van der Waals surface area contributed by atoms with Gasteiger partial charge in [-0.05, 0) is 5.56 Å². The van der Waals surface area contributed by atoms with E-state index in [1.165, 1.54) is 13.8 Å². The van der Waals surface area contributed by atoms with Crippen LogP contribution in [0.1, 0.15) is 26.3 Å². The van der Waals surface area contributed by atoms with Crippen LogP contribution in [0, 0.1) is 5.92 Å². The molecule has 0 N–H and O–H groups in total. The Bertz CT molecular complexity index is 533. The average Bonchev–Trinajstić information content (AvgIpc) is 2.87. The van der Waals surface area contributed by atoms with Crippen molar-refractivity contribution in [2.45, 2.75) is 39.5 Å². The van der Waals surface area contributed by atoms with Crippen molar-refractivity contribution in [3.8, 4) is 0 Å². The lowest BCUT2D eigenvalue weighted by atomic mass is 9.97. The molecule has 0 radical (unpaired) electrons. The SMILES string of the molecule is CC(=O)OC[C@H](C)[C@@H]1[C@H](OC(C)=O)CON1Cc1ccccc1. The second-order valence-electron chi connectivity index (χ2n) is 5.77. The van der Waals surface area contributed by atoms with Gasteiger partial charge >= 0.3 is 11.9 Å². The maximum absolute atomic E-state index is 11.3. The van der Waals surface area contributed by atoms with Crippen LogP contribution in [0.5, 0.6) is 0 Å². The third kappa shape index (κ3) is 5.04. The third-order valence-electron chi connectivity index (χ3n) is 3.75. The molecule has 1 aromatic carbocycles. The topological polar surface area (TPSA) is 65.1 Å². The molecule has 0 aliphatic carbocycles. The fourth-order valence-corrected chi connectivity index (χ4v) is 2.77. The van der Waals surface area contributed by atoms with E-state index in [-0.39, 0.29) is 36.6 Å². The minimum absolute atomic E-state index is 0.0329. The molecule has 1 fully saturated rings. The molecule has 0 unspecified atom stereocenters. The maximum Gasteiger partial charge on any atom is 0.303 e. The Morgan fingerprint density at radius 1 is 1.26 bits per heavy atom. The molecule has 0 amide bonds. The summed E-state index contributed by atoms with van der Waals surface area (Å²) in [5.41, 5.74) is 1.10. The summed E-state index contributed by atoms with van der Waals surface area (Å²) in [4.78, 5) is 28.1. The molecule has 3 atom stereocenters. The fraction of sp³-hybridized carbons (Fsp3) is 0.529. The number of hydrogen-bond acceptors (Lipinski definition) is 6. The van der Waals surface area contributed by atoms with Crippen LogP contribution in [0.3, 0.4) is 0 Å². The predicted octanol–water partition coefficient (Wildman–Crippen LogP) is 1.93. The van der Waals surface area contributed by atoms with Crippen LogP contribution in [0.4, 0.5) is 0 Å². The number of hydroxylamine groups is 2. The summed E-state index contributed by atoms with van der Waals surface area (Å²) < 4.78 is 10.5. The molecule has 6 nitrogen and oxygen atoms in total. The van der Waals surface area contributed by atoms with Gasteiger partial charge in [0.05, 0.1) is 12.6 Å². The zero-order valence-electron chi connectivity index (χ0n) is 13.7. The van der Waals surface area contributed by atoms with E-state index in [1.54, 1.807) is 0 Å². The molecule has 1 aliphatic heterocycles. The number of carbonyl (C=O) groups is 2. The summed E-state index contributed by atoms with van der Waals surface area (Å²) in [6.07, 6.45) is -0.373. The summed E-state index contributed by atoms with van der Waals surface area (Å²) >= 11 is 0. The van der Waals surface area contributed by atoms with Gasteiger partial charge in [0.15, 0.2) is 0 Å². The Morgan fingerprint density at radius 3 is 2.57 bits per heavy atom. The molecule has 1 aliphatic rings. The number of benzene rings is 1. The zero-order valence-corrected chi connectivity index (χ0v) is 13.7. The molecule has 6 heteroatoms. The van der Waals surface area contributed by atoms with E-state index in [2.05, 4.69) is 0 Å². The van der Waals surface area contributed by atoms with E-state index in [4.69, 9.17) is 14.3 Å². The van der Waals surface area contributed by atoms with Crippen molar-refractivity contribution < 1.29 is 23.9 Å². The maximum atomic E-state index is 11.3. The Morgan fingerprint density at radius 2 is 1.96 bits per heavy atom. The lowest BCUT2D eigenvalue weighted by Gasteiger charge is -2.30. The van der Waals surface area contributed by atoms with E-state index in [1.807, 2.05) is 42.3 Å². The molecule has 1 saturated heterocycles. The van der Waals surface area contributed by atoms with Crippen LogP contribution in [-0.2, 0) is 30.4 Å². The van der Waals surface area contributed by atoms with Gasteiger partial charge in [0.1, 0.15) is 12.7 Å². The monoisotopic (exact) mass is 321 g/mol. The van der Waals surface area contributed by atoms with E-state index in [0.717, 1.165) is 5.56 Å². The van der Waals surface area contributed by atoms with Crippen molar-refractivity contribution in [2.24, 2.45) is 5.92 Å². The van der Waals surface area contributed by atoms with Crippen molar-refractivity contribution in [1.29, 1.82) is 0 Å². The van der Waals surface area contributed by atoms with Gasteiger partial charge in [0, 0.05) is 26.3 Å². The first-order valence-corrected chi connectivity index (χ1v) is 7.71. The molecule has 0 aromatic heterocycles. The molecule has 1 aromatic rings. The number of carbonyl (C=O) groups excluding carboxylic acids is 2. The highest BCUT2D eigenvalue weighted by molar-refractivity contribution is 5.66. The van der Waals surface area contributed by atoms with Gasteiger partial charge in [0.25, 0.3) is 0 Å². The Hall–Kier alpha value is -1.92. The quantitative estimate of drug-likeness (QED) is 0.746. The van der Waals surface area contributed by atoms with Crippen LogP contribution < -0.4 is 0 Å². The molecule has 0 spiro atoms. The highest BCUT2D eigenvalue weighted by Gasteiger charge is 2.41. The van der Waals surface area contributed by atoms with Crippen molar-refractivity contribution >= 4 is 11.9 Å². The van der Waals surface area contributed by atoms with E-state index in [0.29, 0.717) is 13.2 Å². The van der Waals surface area contributed by atoms with Crippen LogP contribution in [-0.4, -0.2) is 42.4 Å². The van der Waals surface area contributed by atoms with Crippen LogP contribution >= 0.6 is 0 Å². The second-order valence-corrected chi connectivity index (χ2v) is 5.77. The fourth-order valence-electron chi connectivity index (χ4n) is 2.77. The van der Waals surface area contributed by atoms with Crippen LogP contribution in [0.25, 0.3) is 0 Å². The molecule has 2 rings (SSSR count). The Kier molecular flexibility index (Phi) is 6.12. The van der Waals surface area contributed by atoms with Crippen molar-refractivity contribution in [2.75, 3.05) is 13.2 Å². The minimum Gasteiger partial charge on any atom is -0.466 e. The molecular formula is C17H23NO5.